The highest BCUT2D eigenvalue weighted by molar-refractivity contribution is 7.91. The topological polar surface area (TPSA) is 107 Å². The predicted octanol–water partition coefficient (Wildman–Crippen LogP) is 0.129. The van der Waals surface area contributed by atoms with Crippen LogP contribution in [0.4, 0.5) is 0 Å². The standard InChI is InChI=1S/C13H15N5O3S2/c19-12(15-8-4-5-23(20,21)6-8)11-9-2-1-3-10(9)22-13(11)18-7-14-16-17-18/h7-8H,1-6H2,(H,15,19). The first kappa shape index (κ1) is 14.8. The van der Waals surface area contributed by atoms with Crippen molar-refractivity contribution < 1.29 is 13.2 Å². The molecule has 1 aliphatic heterocycles. The number of hydrogen-bond donors (Lipinski definition) is 1. The van der Waals surface area contributed by atoms with Crippen LogP contribution < -0.4 is 5.32 Å². The Morgan fingerprint density at radius 3 is 2.96 bits per heavy atom. The SMILES string of the molecule is O=C(NC1CCS(=O)(=O)C1)c1c(-n2cnnn2)sc2c1CCC2. The van der Waals surface area contributed by atoms with E-state index >= 15 is 0 Å². The van der Waals surface area contributed by atoms with Crippen molar-refractivity contribution in [3.63, 3.8) is 0 Å². The maximum absolute atomic E-state index is 12.8. The number of hydrogen-bond acceptors (Lipinski definition) is 7. The molecule has 8 nitrogen and oxygen atoms in total. The summed E-state index contributed by atoms with van der Waals surface area (Å²) in [5.74, 6) is -0.0674. The number of aryl methyl sites for hydroxylation is 1. The zero-order chi connectivity index (χ0) is 16.0. The molecule has 4 rings (SSSR count). The van der Waals surface area contributed by atoms with Gasteiger partial charge in [0.15, 0.2) is 9.84 Å². The van der Waals surface area contributed by atoms with Crippen molar-refractivity contribution in [1.29, 1.82) is 0 Å². The summed E-state index contributed by atoms with van der Waals surface area (Å²) in [4.78, 5) is 14.0. The molecule has 1 unspecified atom stereocenters. The second-order valence-electron chi connectivity index (χ2n) is 5.87. The summed E-state index contributed by atoms with van der Waals surface area (Å²) in [5.41, 5.74) is 1.65. The van der Waals surface area contributed by atoms with Gasteiger partial charge in [-0.25, -0.2) is 8.42 Å². The average molecular weight is 353 g/mol. The van der Waals surface area contributed by atoms with E-state index in [1.807, 2.05) is 0 Å². The molecule has 23 heavy (non-hydrogen) atoms. The van der Waals surface area contributed by atoms with Crippen molar-refractivity contribution in [2.75, 3.05) is 11.5 Å². The number of fused-ring (bicyclic) bond motifs is 1. The van der Waals surface area contributed by atoms with E-state index in [2.05, 4.69) is 20.8 Å². The molecular formula is C13H15N5O3S2. The van der Waals surface area contributed by atoms with Gasteiger partial charge in [0.25, 0.3) is 5.91 Å². The third-order valence-electron chi connectivity index (χ3n) is 4.25. The fraction of sp³-hybridized carbons (Fsp3) is 0.538. The van der Waals surface area contributed by atoms with Crippen LogP contribution in [0.2, 0.25) is 0 Å². The smallest absolute Gasteiger partial charge is 0.254 e. The van der Waals surface area contributed by atoms with E-state index in [0.717, 1.165) is 24.8 Å². The van der Waals surface area contributed by atoms with Gasteiger partial charge in [-0.1, -0.05) is 0 Å². The molecule has 1 saturated heterocycles. The second kappa shape index (κ2) is 5.38. The molecule has 2 aromatic heterocycles. The van der Waals surface area contributed by atoms with Gasteiger partial charge in [-0.15, -0.1) is 16.4 Å². The molecule has 2 aromatic rings. The van der Waals surface area contributed by atoms with Gasteiger partial charge >= 0.3 is 0 Å². The molecule has 2 aliphatic rings. The van der Waals surface area contributed by atoms with E-state index in [-0.39, 0.29) is 23.5 Å². The normalized spacial score (nSPS) is 22.2. The van der Waals surface area contributed by atoms with Gasteiger partial charge in [0.2, 0.25) is 0 Å². The minimum Gasteiger partial charge on any atom is -0.348 e. The van der Waals surface area contributed by atoms with Gasteiger partial charge in [-0.2, -0.15) is 4.68 Å². The predicted molar refractivity (Wildman–Crippen MR) is 83.6 cm³/mol. The number of sulfone groups is 1. The third-order valence-corrected chi connectivity index (χ3v) is 7.30. The molecule has 0 spiro atoms. The third kappa shape index (κ3) is 2.65. The molecule has 1 atom stereocenters. The first-order valence-corrected chi connectivity index (χ1v) is 10.1. The molecular weight excluding hydrogens is 338 g/mol. The lowest BCUT2D eigenvalue weighted by atomic mass is 10.1. The quantitative estimate of drug-likeness (QED) is 0.840. The zero-order valence-electron chi connectivity index (χ0n) is 12.2. The monoisotopic (exact) mass is 353 g/mol. The van der Waals surface area contributed by atoms with Crippen LogP contribution in [0.15, 0.2) is 6.33 Å². The van der Waals surface area contributed by atoms with Crippen LogP contribution in [0.3, 0.4) is 0 Å². The minimum atomic E-state index is -3.02. The van der Waals surface area contributed by atoms with E-state index in [9.17, 15) is 13.2 Å². The highest BCUT2D eigenvalue weighted by Crippen LogP contribution is 2.37. The number of amides is 1. The molecule has 1 N–H and O–H groups in total. The van der Waals surface area contributed by atoms with Crippen LogP contribution in [0.1, 0.15) is 33.6 Å². The van der Waals surface area contributed by atoms with Gasteiger partial charge in [0, 0.05) is 10.9 Å². The summed E-state index contributed by atoms with van der Waals surface area (Å²) in [6.45, 7) is 0. The Morgan fingerprint density at radius 2 is 2.26 bits per heavy atom. The summed E-state index contributed by atoms with van der Waals surface area (Å²) in [6, 6.07) is -0.314. The summed E-state index contributed by atoms with van der Waals surface area (Å²) in [6.07, 6.45) is 4.80. The maximum atomic E-state index is 12.8. The molecule has 3 heterocycles. The van der Waals surface area contributed by atoms with Crippen molar-refractivity contribution in [2.45, 2.75) is 31.7 Å². The van der Waals surface area contributed by atoms with E-state index in [4.69, 9.17) is 0 Å². The first-order valence-electron chi connectivity index (χ1n) is 7.43. The maximum Gasteiger partial charge on any atom is 0.254 e. The van der Waals surface area contributed by atoms with Crippen molar-refractivity contribution >= 4 is 27.1 Å². The van der Waals surface area contributed by atoms with Crippen LogP contribution in [-0.4, -0.2) is 52.1 Å². The van der Waals surface area contributed by atoms with Crippen LogP contribution in [0.5, 0.6) is 0 Å². The molecule has 0 radical (unpaired) electrons. The van der Waals surface area contributed by atoms with Gasteiger partial charge in [0.1, 0.15) is 11.3 Å². The van der Waals surface area contributed by atoms with Crippen LogP contribution in [0, 0.1) is 0 Å². The lowest BCUT2D eigenvalue weighted by molar-refractivity contribution is 0.0940. The van der Waals surface area contributed by atoms with Crippen molar-refractivity contribution in [1.82, 2.24) is 25.5 Å². The van der Waals surface area contributed by atoms with Gasteiger partial charge in [-0.3, -0.25) is 4.79 Å². The fourth-order valence-electron chi connectivity index (χ4n) is 3.21. The molecule has 122 valence electrons. The van der Waals surface area contributed by atoms with Crippen molar-refractivity contribution in [2.24, 2.45) is 0 Å². The Hall–Kier alpha value is -1.81. The van der Waals surface area contributed by atoms with E-state index in [1.165, 1.54) is 27.2 Å². The first-order chi connectivity index (χ1) is 11.0. The number of nitrogens with one attached hydrogen (secondary N) is 1. The molecule has 1 aliphatic carbocycles. The van der Waals surface area contributed by atoms with Gasteiger partial charge in [0.05, 0.1) is 17.1 Å². The van der Waals surface area contributed by atoms with Gasteiger partial charge in [-0.05, 0) is 41.7 Å². The number of carbonyl (C=O) groups excluding carboxylic acids is 1. The average Bonchev–Trinajstić information content (AvgIpc) is 3.20. The molecule has 10 heteroatoms. The Bertz CT molecular complexity index is 857. The molecule has 0 saturated carbocycles. The fourth-order valence-corrected chi connectivity index (χ4v) is 6.18. The number of carbonyl (C=O) groups is 1. The Morgan fingerprint density at radius 1 is 1.39 bits per heavy atom. The summed E-state index contributed by atoms with van der Waals surface area (Å²) < 4.78 is 24.6. The summed E-state index contributed by atoms with van der Waals surface area (Å²) in [7, 11) is -3.02. The van der Waals surface area contributed by atoms with Crippen LogP contribution in [-0.2, 0) is 22.7 Å². The van der Waals surface area contributed by atoms with Gasteiger partial charge < -0.3 is 5.32 Å². The van der Waals surface area contributed by atoms with Crippen LogP contribution in [0.25, 0.3) is 5.00 Å². The van der Waals surface area contributed by atoms with E-state index in [0.29, 0.717) is 17.0 Å². The Kier molecular flexibility index (Phi) is 3.45. The zero-order valence-corrected chi connectivity index (χ0v) is 13.9. The summed E-state index contributed by atoms with van der Waals surface area (Å²) in [5, 5.41) is 14.7. The largest absolute Gasteiger partial charge is 0.348 e. The summed E-state index contributed by atoms with van der Waals surface area (Å²) >= 11 is 1.53. The number of thiophene rings is 1. The highest BCUT2D eigenvalue weighted by atomic mass is 32.2. The molecule has 1 amide bonds. The van der Waals surface area contributed by atoms with E-state index < -0.39 is 9.84 Å². The molecule has 1 fully saturated rings. The lowest BCUT2D eigenvalue weighted by Gasteiger charge is -2.12. The lowest BCUT2D eigenvalue weighted by Crippen LogP contribution is -2.36. The number of aromatic nitrogens is 4. The highest BCUT2D eigenvalue weighted by Gasteiger charge is 2.32. The number of rotatable bonds is 3. The molecule has 0 aromatic carbocycles. The van der Waals surface area contributed by atoms with E-state index in [1.54, 1.807) is 0 Å². The Balaban J connectivity index is 1.66. The van der Waals surface area contributed by atoms with Crippen molar-refractivity contribution in [3.05, 3.63) is 22.3 Å². The number of nitrogens with zero attached hydrogens (tertiary/aromatic N) is 4. The van der Waals surface area contributed by atoms with Crippen molar-refractivity contribution in [3.8, 4) is 5.00 Å². The second-order valence-corrected chi connectivity index (χ2v) is 9.18. The minimum absolute atomic E-state index is 0.0191. The van der Waals surface area contributed by atoms with Crippen LogP contribution >= 0.6 is 11.3 Å². The number of tetrazole rings is 1. The Labute approximate surface area is 136 Å². The molecule has 0 bridgehead atoms.